The predicted molar refractivity (Wildman–Crippen MR) is 45.9 cm³/mol. The van der Waals surface area contributed by atoms with E-state index >= 15 is 0 Å². The number of alkyl halides is 3. The van der Waals surface area contributed by atoms with Crippen molar-refractivity contribution in [2.45, 2.75) is 31.7 Å². The molecule has 0 saturated heterocycles. The summed E-state index contributed by atoms with van der Waals surface area (Å²) in [6.45, 7) is 2.37. The molecule has 0 aliphatic rings. The molecule has 6 heteroatoms. The van der Waals surface area contributed by atoms with E-state index in [0.29, 0.717) is 0 Å². The topological polar surface area (TPSA) is 43.7 Å². The Kier molecular flexibility index (Phi) is 4.35. The zero-order valence-electron chi connectivity index (χ0n) is 8.47. The first kappa shape index (κ1) is 13.7. The molecule has 0 rings (SSSR count). The molecular formula is C8H16F3NO2. The maximum absolute atomic E-state index is 12.0. The van der Waals surface area contributed by atoms with E-state index in [1.54, 1.807) is 13.8 Å². The molecule has 0 aromatic carbocycles. The van der Waals surface area contributed by atoms with Gasteiger partial charge in [-0.25, -0.2) is 0 Å². The van der Waals surface area contributed by atoms with Crippen molar-refractivity contribution in [2.75, 3.05) is 20.2 Å². The Morgan fingerprint density at radius 2 is 1.71 bits per heavy atom. The van der Waals surface area contributed by atoms with Crippen LogP contribution in [0.2, 0.25) is 0 Å². The lowest BCUT2D eigenvalue weighted by atomic mass is 10.0. The molecule has 0 radical (unpaired) electrons. The van der Waals surface area contributed by atoms with Crippen LogP contribution in [-0.2, 0) is 0 Å². The van der Waals surface area contributed by atoms with Crippen molar-refractivity contribution in [3.05, 3.63) is 0 Å². The second-order valence-corrected chi connectivity index (χ2v) is 3.91. The summed E-state index contributed by atoms with van der Waals surface area (Å²) in [5.41, 5.74) is -0.772. The van der Waals surface area contributed by atoms with Crippen molar-refractivity contribution >= 4 is 0 Å². The van der Waals surface area contributed by atoms with Gasteiger partial charge in [-0.15, -0.1) is 0 Å². The number of aliphatic hydroxyl groups excluding tert-OH is 2. The van der Waals surface area contributed by atoms with Gasteiger partial charge < -0.3 is 10.2 Å². The van der Waals surface area contributed by atoms with E-state index in [2.05, 4.69) is 0 Å². The van der Waals surface area contributed by atoms with E-state index in [1.807, 2.05) is 0 Å². The first-order chi connectivity index (χ1) is 6.11. The number of hydrogen-bond acceptors (Lipinski definition) is 3. The van der Waals surface area contributed by atoms with Gasteiger partial charge >= 0.3 is 6.18 Å². The van der Waals surface area contributed by atoms with E-state index in [9.17, 15) is 13.2 Å². The summed E-state index contributed by atoms with van der Waals surface area (Å²) in [7, 11) is 1.42. The van der Waals surface area contributed by atoms with Crippen LogP contribution >= 0.6 is 0 Å². The van der Waals surface area contributed by atoms with Crippen molar-refractivity contribution in [1.82, 2.24) is 4.90 Å². The molecule has 0 aliphatic carbocycles. The highest BCUT2D eigenvalue weighted by molar-refractivity contribution is 4.81. The van der Waals surface area contributed by atoms with Crippen LogP contribution in [0.25, 0.3) is 0 Å². The molecule has 1 unspecified atom stereocenters. The Bertz CT molecular complexity index is 182. The molecule has 0 bridgehead atoms. The lowest BCUT2D eigenvalue weighted by Gasteiger charge is -2.35. The van der Waals surface area contributed by atoms with Crippen molar-refractivity contribution in [3.8, 4) is 0 Å². The molecule has 0 fully saturated rings. The molecule has 14 heavy (non-hydrogen) atoms. The van der Waals surface area contributed by atoms with Gasteiger partial charge in [0.2, 0.25) is 0 Å². The first-order valence-corrected chi connectivity index (χ1v) is 4.18. The number of halogens is 3. The lowest BCUT2D eigenvalue weighted by Crippen LogP contribution is -2.50. The van der Waals surface area contributed by atoms with Crippen LogP contribution < -0.4 is 0 Å². The Morgan fingerprint density at radius 3 is 2.00 bits per heavy atom. The molecular weight excluding hydrogens is 199 g/mol. The minimum Gasteiger partial charge on any atom is -0.394 e. The minimum absolute atomic E-state index is 0.270. The van der Waals surface area contributed by atoms with Crippen LogP contribution in [0, 0.1) is 0 Å². The number of likely N-dealkylation sites (N-methyl/N-ethyl adjacent to an activating group) is 1. The predicted octanol–water partition coefficient (Wildman–Crippen LogP) is 0.612. The Balaban J connectivity index is 4.26. The summed E-state index contributed by atoms with van der Waals surface area (Å²) in [6, 6.07) is 0. The van der Waals surface area contributed by atoms with Crippen molar-refractivity contribution < 1.29 is 23.4 Å². The summed E-state index contributed by atoms with van der Waals surface area (Å²) in [4.78, 5) is 1.27. The van der Waals surface area contributed by atoms with Crippen LogP contribution in [0.1, 0.15) is 13.8 Å². The van der Waals surface area contributed by atoms with E-state index in [0.717, 1.165) is 0 Å². The fourth-order valence-electron chi connectivity index (χ4n) is 0.731. The van der Waals surface area contributed by atoms with Gasteiger partial charge in [-0.05, 0) is 20.9 Å². The summed E-state index contributed by atoms with van der Waals surface area (Å²) < 4.78 is 35.9. The molecule has 86 valence electrons. The van der Waals surface area contributed by atoms with E-state index in [-0.39, 0.29) is 6.61 Å². The Morgan fingerprint density at radius 1 is 1.29 bits per heavy atom. The monoisotopic (exact) mass is 215 g/mol. The van der Waals surface area contributed by atoms with E-state index in [1.165, 1.54) is 11.9 Å². The maximum Gasteiger partial charge on any atom is 0.415 e. The number of β-amino-alcohol motifs (C(OH)–C–C–N with tert-alkyl or cyclic N) is 1. The van der Waals surface area contributed by atoms with Crippen LogP contribution in [-0.4, -0.2) is 53.1 Å². The average Bonchev–Trinajstić information content (AvgIpc) is 2.02. The molecule has 1 atom stereocenters. The highest BCUT2D eigenvalue weighted by Crippen LogP contribution is 2.22. The molecule has 0 aromatic heterocycles. The van der Waals surface area contributed by atoms with Crippen molar-refractivity contribution in [2.24, 2.45) is 0 Å². The average molecular weight is 215 g/mol. The second kappa shape index (κ2) is 4.46. The molecule has 0 saturated carbocycles. The lowest BCUT2D eigenvalue weighted by molar-refractivity contribution is -0.210. The number of rotatable bonds is 4. The molecule has 0 heterocycles. The third kappa shape index (κ3) is 3.81. The summed E-state index contributed by atoms with van der Waals surface area (Å²) in [5, 5.41) is 17.6. The molecule has 0 aliphatic heterocycles. The smallest absolute Gasteiger partial charge is 0.394 e. The highest BCUT2D eigenvalue weighted by Gasteiger charge is 2.40. The Hall–Kier alpha value is -0.330. The Labute approximate surface area is 81.1 Å². The summed E-state index contributed by atoms with van der Waals surface area (Å²) in [5.74, 6) is 0. The second-order valence-electron chi connectivity index (χ2n) is 3.91. The first-order valence-electron chi connectivity index (χ1n) is 4.18. The van der Waals surface area contributed by atoms with Gasteiger partial charge in [0.05, 0.1) is 6.61 Å². The van der Waals surface area contributed by atoms with E-state index in [4.69, 9.17) is 10.2 Å². The summed E-state index contributed by atoms with van der Waals surface area (Å²) >= 11 is 0. The third-order valence-electron chi connectivity index (χ3n) is 2.24. The number of nitrogens with zero attached hydrogens (tertiary/aromatic N) is 1. The van der Waals surface area contributed by atoms with Crippen LogP contribution in [0.4, 0.5) is 13.2 Å². The van der Waals surface area contributed by atoms with Crippen LogP contribution in [0.5, 0.6) is 0 Å². The molecule has 0 spiro atoms. The van der Waals surface area contributed by atoms with Gasteiger partial charge in [-0.3, -0.25) is 4.90 Å². The fourth-order valence-corrected chi connectivity index (χ4v) is 0.731. The highest BCUT2D eigenvalue weighted by atomic mass is 19.4. The quantitative estimate of drug-likeness (QED) is 0.722. The normalized spacial score (nSPS) is 16.1. The van der Waals surface area contributed by atoms with Crippen molar-refractivity contribution in [3.63, 3.8) is 0 Å². The SMILES string of the molecule is CN(CC(O)C(F)(F)F)C(C)(C)CO. The molecule has 2 N–H and O–H groups in total. The van der Waals surface area contributed by atoms with Crippen LogP contribution in [0.15, 0.2) is 0 Å². The van der Waals surface area contributed by atoms with E-state index < -0.39 is 24.4 Å². The minimum atomic E-state index is -4.61. The van der Waals surface area contributed by atoms with Gasteiger partial charge in [0, 0.05) is 12.1 Å². The van der Waals surface area contributed by atoms with Gasteiger partial charge in [-0.2, -0.15) is 13.2 Å². The van der Waals surface area contributed by atoms with Crippen LogP contribution in [0.3, 0.4) is 0 Å². The standard InChI is InChI=1S/C8H16F3NO2/c1-7(2,5-13)12(3)4-6(14)8(9,10)11/h6,13-14H,4-5H2,1-3H3. The number of aliphatic hydroxyl groups is 2. The zero-order valence-corrected chi connectivity index (χ0v) is 8.47. The van der Waals surface area contributed by atoms with Gasteiger partial charge in [0.15, 0.2) is 6.10 Å². The van der Waals surface area contributed by atoms with Crippen molar-refractivity contribution in [1.29, 1.82) is 0 Å². The maximum atomic E-state index is 12.0. The molecule has 0 aromatic rings. The number of hydrogen-bond donors (Lipinski definition) is 2. The molecule has 3 nitrogen and oxygen atoms in total. The molecule has 0 amide bonds. The summed E-state index contributed by atoms with van der Waals surface area (Å²) in [6.07, 6.45) is -6.99. The largest absolute Gasteiger partial charge is 0.415 e. The fraction of sp³-hybridized carbons (Fsp3) is 1.00. The van der Waals surface area contributed by atoms with Gasteiger partial charge in [-0.1, -0.05) is 0 Å². The zero-order chi connectivity index (χ0) is 11.6. The van der Waals surface area contributed by atoms with Gasteiger partial charge in [0.25, 0.3) is 0 Å². The van der Waals surface area contributed by atoms with Gasteiger partial charge in [0.1, 0.15) is 0 Å². The third-order valence-corrected chi connectivity index (χ3v) is 2.24.